The van der Waals surface area contributed by atoms with Gasteiger partial charge in [-0.3, -0.25) is 4.79 Å². The van der Waals surface area contributed by atoms with Crippen molar-refractivity contribution in [2.24, 2.45) is 0 Å². The van der Waals surface area contributed by atoms with Crippen LogP contribution in [0.4, 0.5) is 0 Å². The molecule has 1 aromatic heterocycles. The number of amides is 1. The van der Waals surface area contributed by atoms with Crippen molar-refractivity contribution in [2.75, 3.05) is 19.6 Å². The molecule has 0 unspecified atom stereocenters. The van der Waals surface area contributed by atoms with Crippen LogP contribution in [0, 0.1) is 0 Å². The van der Waals surface area contributed by atoms with Gasteiger partial charge in [-0.1, -0.05) is 6.92 Å². The third-order valence-corrected chi connectivity index (χ3v) is 2.78. The molecule has 17 heavy (non-hydrogen) atoms. The molecule has 1 N–H and O–H groups in total. The van der Waals surface area contributed by atoms with Crippen LogP contribution in [0.2, 0.25) is 0 Å². The van der Waals surface area contributed by atoms with Crippen molar-refractivity contribution in [1.29, 1.82) is 0 Å². The van der Waals surface area contributed by atoms with E-state index in [1.807, 2.05) is 23.3 Å². The lowest BCUT2D eigenvalue weighted by atomic mass is 10.4. The van der Waals surface area contributed by atoms with Crippen molar-refractivity contribution >= 4 is 5.91 Å². The summed E-state index contributed by atoms with van der Waals surface area (Å²) in [5.74, 6) is 0.144. The van der Waals surface area contributed by atoms with Crippen LogP contribution in [0.3, 0.4) is 0 Å². The Hall–Kier alpha value is -1.36. The maximum Gasteiger partial charge on any atom is 0.242 e. The molecule has 0 aromatic carbocycles. The molecule has 0 bridgehead atoms. The number of carbonyl (C=O) groups is 1. The fraction of sp³-hybridized carbons (Fsp3) is 0.667. The van der Waals surface area contributed by atoms with Gasteiger partial charge in [0, 0.05) is 25.8 Å². The molecular weight excluding hydrogens is 216 g/mol. The van der Waals surface area contributed by atoms with Gasteiger partial charge >= 0.3 is 0 Å². The van der Waals surface area contributed by atoms with E-state index >= 15 is 0 Å². The number of likely N-dealkylation sites (N-methyl/N-ethyl adjacent to an activating group) is 1. The van der Waals surface area contributed by atoms with Crippen molar-refractivity contribution in [3.05, 3.63) is 18.2 Å². The molecule has 5 heteroatoms. The molecule has 1 heterocycles. The zero-order valence-electron chi connectivity index (χ0n) is 10.9. The van der Waals surface area contributed by atoms with E-state index in [4.69, 9.17) is 0 Å². The summed E-state index contributed by atoms with van der Waals surface area (Å²) in [7, 11) is 0. The zero-order valence-corrected chi connectivity index (χ0v) is 10.9. The van der Waals surface area contributed by atoms with Crippen LogP contribution < -0.4 is 5.32 Å². The largest absolute Gasteiger partial charge is 0.342 e. The van der Waals surface area contributed by atoms with Gasteiger partial charge in [0.1, 0.15) is 6.54 Å². The van der Waals surface area contributed by atoms with Crippen LogP contribution in [0.5, 0.6) is 0 Å². The maximum atomic E-state index is 12.0. The molecule has 96 valence electrons. The first-order valence-electron chi connectivity index (χ1n) is 6.20. The van der Waals surface area contributed by atoms with Crippen LogP contribution in [0.1, 0.15) is 26.5 Å². The lowest BCUT2D eigenvalue weighted by Crippen LogP contribution is -2.33. The van der Waals surface area contributed by atoms with Gasteiger partial charge in [0.2, 0.25) is 5.91 Å². The highest BCUT2D eigenvalue weighted by atomic mass is 16.2. The predicted molar refractivity (Wildman–Crippen MR) is 67.5 cm³/mol. The number of nitrogens with one attached hydrogen (secondary N) is 1. The Morgan fingerprint density at radius 3 is 2.71 bits per heavy atom. The first kappa shape index (κ1) is 13.7. The molecule has 1 rings (SSSR count). The molecule has 0 aliphatic rings. The minimum atomic E-state index is 0.144. The highest BCUT2D eigenvalue weighted by Gasteiger charge is 2.11. The number of hydrogen-bond donors (Lipinski definition) is 1. The number of hydrogen-bond acceptors (Lipinski definition) is 3. The molecule has 0 radical (unpaired) electrons. The van der Waals surface area contributed by atoms with E-state index in [1.54, 1.807) is 12.5 Å². The predicted octanol–water partition coefficient (Wildman–Crippen LogP) is 0.861. The Morgan fingerprint density at radius 1 is 1.41 bits per heavy atom. The second-order valence-electron chi connectivity index (χ2n) is 3.86. The summed E-state index contributed by atoms with van der Waals surface area (Å²) >= 11 is 0. The number of aromatic nitrogens is 2. The van der Waals surface area contributed by atoms with Crippen molar-refractivity contribution in [1.82, 2.24) is 19.8 Å². The normalized spacial score (nSPS) is 10.5. The minimum Gasteiger partial charge on any atom is -0.342 e. The van der Waals surface area contributed by atoms with Gasteiger partial charge in [0.05, 0.1) is 12.0 Å². The van der Waals surface area contributed by atoms with E-state index in [0.717, 1.165) is 31.9 Å². The maximum absolute atomic E-state index is 12.0. The van der Waals surface area contributed by atoms with Gasteiger partial charge in [-0.05, 0) is 20.4 Å². The monoisotopic (exact) mass is 238 g/mol. The molecule has 0 spiro atoms. The summed E-state index contributed by atoms with van der Waals surface area (Å²) in [5, 5.41) is 3.24. The first-order chi connectivity index (χ1) is 8.22. The van der Waals surface area contributed by atoms with Crippen LogP contribution >= 0.6 is 0 Å². The number of carbonyl (C=O) groups excluding carboxylic acids is 1. The van der Waals surface area contributed by atoms with E-state index < -0.39 is 0 Å². The number of imidazole rings is 1. The van der Waals surface area contributed by atoms with E-state index in [2.05, 4.69) is 17.2 Å². The average molecular weight is 238 g/mol. The molecule has 0 aliphatic carbocycles. The molecule has 0 saturated carbocycles. The van der Waals surface area contributed by atoms with Gasteiger partial charge < -0.3 is 14.8 Å². The lowest BCUT2D eigenvalue weighted by Gasteiger charge is -2.19. The Bertz CT molecular complexity index is 344. The summed E-state index contributed by atoms with van der Waals surface area (Å²) in [6, 6.07) is 0. The summed E-state index contributed by atoms with van der Waals surface area (Å²) in [4.78, 5) is 17.9. The summed E-state index contributed by atoms with van der Waals surface area (Å²) in [5.41, 5.74) is 1.05. The zero-order chi connectivity index (χ0) is 12.7. The summed E-state index contributed by atoms with van der Waals surface area (Å²) < 4.78 is 1.91. The average Bonchev–Trinajstić information content (AvgIpc) is 2.75. The Labute approximate surface area is 103 Å². The third-order valence-electron chi connectivity index (χ3n) is 2.78. The molecule has 5 nitrogen and oxygen atoms in total. The van der Waals surface area contributed by atoms with Gasteiger partial charge in [0.25, 0.3) is 0 Å². The fourth-order valence-corrected chi connectivity index (χ4v) is 1.71. The van der Waals surface area contributed by atoms with E-state index in [1.165, 1.54) is 0 Å². The molecule has 1 amide bonds. The lowest BCUT2D eigenvalue weighted by molar-refractivity contribution is -0.131. The van der Waals surface area contributed by atoms with E-state index in [9.17, 15) is 4.79 Å². The van der Waals surface area contributed by atoms with Crippen molar-refractivity contribution in [3.63, 3.8) is 0 Å². The fourth-order valence-electron chi connectivity index (χ4n) is 1.71. The summed E-state index contributed by atoms with van der Waals surface area (Å²) in [6.07, 6.45) is 3.52. The molecule has 1 aromatic rings. The highest BCUT2D eigenvalue weighted by Crippen LogP contribution is 2.01. The molecule has 0 atom stereocenters. The Kier molecular flexibility index (Phi) is 5.69. The van der Waals surface area contributed by atoms with Gasteiger partial charge in [-0.2, -0.15) is 0 Å². The molecule has 0 aliphatic heterocycles. The van der Waals surface area contributed by atoms with Gasteiger partial charge in [-0.25, -0.2) is 4.98 Å². The Balaban J connectivity index is 2.61. The van der Waals surface area contributed by atoms with Crippen LogP contribution in [-0.4, -0.2) is 40.0 Å². The van der Waals surface area contributed by atoms with Crippen molar-refractivity contribution < 1.29 is 4.79 Å². The van der Waals surface area contributed by atoms with Crippen LogP contribution in [0.25, 0.3) is 0 Å². The van der Waals surface area contributed by atoms with Gasteiger partial charge in [-0.15, -0.1) is 0 Å². The van der Waals surface area contributed by atoms with Crippen LogP contribution in [-0.2, 0) is 17.9 Å². The molecule has 0 saturated heterocycles. The second kappa shape index (κ2) is 7.06. The SMILES string of the molecule is CCNCc1cncn1CC(=O)N(CC)CC. The quantitative estimate of drug-likeness (QED) is 0.766. The first-order valence-corrected chi connectivity index (χ1v) is 6.20. The second-order valence-corrected chi connectivity index (χ2v) is 3.86. The molecule has 0 fully saturated rings. The van der Waals surface area contributed by atoms with E-state index in [0.29, 0.717) is 6.54 Å². The standard InChI is InChI=1S/C12H22N4O/c1-4-13-7-11-8-14-10-16(11)9-12(17)15(5-2)6-3/h8,10,13H,4-7,9H2,1-3H3. The number of rotatable bonds is 7. The topological polar surface area (TPSA) is 50.2 Å². The highest BCUT2D eigenvalue weighted by molar-refractivity contribution is 5.76. The van der Waals surface area contributed by atoms with Crippen LogP contribution in [0.15, 0.2) is 12.5 Å². The number of nitrogens with zero attached hydrogens (tertiary/aromatic N) is 3. The molecular formula is C12H22N4O. The van der Waals surface area contributed by atoms with E-state index in [-0.39, 0.29) is 5.91 Å². The van der Waals surface area contributed by atoms with Gasteiger partial charge in [0.15, 0.2) is 0 Å². The summed E-state index contributed by atoms with van der Waals surface area (Å²) in [6.45, 7) is 9.60. The Morgan fingerprint density at radius 2 is 2.12 bits per heavy atom. The van der Waals surface area contributed by atoms with Crippen molar-refractivity contribution in [3.8, 4) is 0 Å². The van der Waals surface area contributed by atoms with Crippen molar-refractivity contribution in [2.45, 2.75) is 33.9 Å². The third kappa shape index (κ3) is 3.85. The minimum absolute atomic E-state index is 0.144. The smallest absolute Gasteiger partial charge is 0.242 e.